The van der Waals surface area contributed by atoms with Crippen molar-refractivity contribution in [3.8, 4) is 5.75 Å². The molecule has 1 atom stereocenters. The normalized spacial score (nSPS) is 12.5. The number of nitrogens with one attached hydrogen (secondary N) is 1. The Morgan fingerprint density at radius 2 is 1.69 bits per heavy atom. The molecule has 140 valence electrons. The van der Waals surface area contributed by atoms with Crippen molar-refractivity contribution < 1.29 is 22.7 Å². The van der Waals surface area contributed by atoms with Gasteiger partial charge in [0.15, 0.2) is 0 Å². The highest BCUT2D eigenvalue weighted by Crippen LogP contribution is 2.27. The zero-order chi connectivity index (χ0) is 19.3. The van der Waals surface area contributed by atoms with Crippen LogP contribution in [0.25, 0.3) is 0 Å². The second-order valence-corrected chi connectivity index (χ2v) is 7.88. The molecule has 0 amide bonds. The summed E-state index contributed by atoms with van der Waals surface area (Å²) in [6, 6.07) is 9.77. The summed E-state index contributed by atoms with van der Waals surface area (Å²) in [5.41, 5.74) is 0.713. The number of esters is 1. The molecular formula is C17H17Cl2NO5S. The fourth-order valence-electron chi connectivity index (χ4n) is 2.28. The standard InChI is InChI=1S/C17H17Cl2NO5S/c1-24-15-8-7-13(19)10-16(15)26(22,23)20-14(17(21)25-2)9-11-3-5-12(18)6-4-11/h3-8,10,14,20H,9H2,1-2H3. The summed E-state index contributed by atoms with van der Waals surface area (Å²) in [6.07, 6.45) is 0.0892. The van der Waals surface area contributed by atoms with E-state index < -0.39 is 22.0 Å². The highest BCUT2D eigenvalue weighted by atomic mass is 35.5. The van der Waals surface area contributed by atoms with Crippen molar-refractivity contribution in [1.29, 1.82) is 0 Å². The molecule has 0 bridgehead atoms. The summed E-state index contributed by atoms with van der Waals surface area (Å²) in [6.45, 7) is 0. The van der Waals surface area contributed by atoms with E-state index in [9.17, 15) is 13.2 Å². The van der Waals surface area contributed by atoms with E-state index in [1.165, 1.54) is 32.4 Å². The third-order valence-electron chi connectivity index (χ3n) is 3.55. The Morgan fingerprint density at radius 3 is 2.27 bits per heavy atom. The second-order valence-electron chi connectivity index (χ2n) is 5.32. The van der Waals surface area contributed by atoms with Crippen LogP contribution in [-0.2, 0) is 26.0 Å². The van der Waals surface area contributed by atoms with Crippen LogP contribution in [0.15, 0.2) is 47.4 Å². The van der Waals surface area contributed by atoms with Crippen LogP contribution in [0.3, 0.4) is 0 Å². The second kappa shape index (κ2) is 8.73. The van der Waals surface area contributed by atoms with Crippen molar-refractivity contribution in [2.45, 2.75) is 17.4 Å². The number of halogens is 2. The molecule has 0 fully saturated rings. The van der Waals surface area contributed by atoms with Crippen LogP contribution < -0.4 is 9.46 Å². The first-order valence-corrected chi connectivity index (χ1v) is 9.69. The number of hydrogen-bond donors (Lipinski definition) is 1. The maximum Gasteiger partial charge on any atom is 0.324 e. The van der Waals surface area contributed by atoms with Gasteiger partial charge in [-0.15, -0.1) is 0 Å². The molecule has 0 spiro atoms. The maximum absolute atomic E-state index is 12.8. The molecule has 0 saturated heterocycles. The topological polar surface area (TPSA) is 81.7 Å². The van der Waals surface area contributed by atoms with Gasteiger partial charge in [-0.2, -0.15) is 4.72 Å². The first-order valence-electron chi connectivity index (χ1n) is 7.45. The number of methoxy groups -OCH3 is 2. The van der Waals surface area contributed by atoms with Gasteiger partial charge in [-0.3, -0.25) is 4.79 Å². The Labute approximate surface area is 162 Å². The monoisotopic (exact) mass is 417 g/mol. The highest BCUT2D eigenvalue weighted by Gasteiger charge is 2.29. The lowest BCUT2D eigenvalue weighted by Gasteiger charge is -2.18. The van der Waals surface area contributed by atoms with E-state index in [0.717, 1.165) is 0 Å². The predicted molar refractivity (Wildman–Crippen MR) is 99.3 cm³/mol. The molecule has 0 aliphatic rings. The van der Waals surface area contributed by atoms with Crippen molar-refractivity contribution in [3.05, 3.63) is 58.1 Å². The average molecular weight is 418 g/mol. The van der Waals surface area contributed by atoms with Crippen molar-refractivity contribution in [2.75, 3.05) is 14.2 Å². The summed E-state index contributed by atoms with van der Waals surface area (Å²) in [5, 5.41) is 0.756. The van der Waals surface area contributed by atoms with Crippen LogP contribution in [0.4, 0.5) is 0 Å². The van der Waals surface area contributed by atoms with Crippen molar-refractivity contribution >= 4 is 39.2 Å². The molecule has 0 radical (unpaired) electrons. The van der Waals surface area contributed by atoms with E-state index in [0.29, 0.717) is 10.6 Å². The molecule has 0 aliphatic carbocycles. The van der Waals surface area contributed by atoms with Crippen LogP contribution in [-0.4, -0.2) is 34.6 Å². The van der Waals surface area contributed by atoms with Crippen LogP contribution in [0.2, 0.25) is 10.0 Å². The zero-order valence-electron chi connectivity index (χ0n) is 14.0. The molecule has 2 aromatic carbocycles. The quantitative estimate of drug-likeness (QED) is 0.699. The van der Waals surface area contributed by atoms with Gasteiger partial charge < -0.3 is 9.47 Å². The Morgan fingerprint density at radius 1 is 1.08 bits per heavy atom. The molecular weight excluding hydrogens is 401 g/mol. The fourth-order valence-corrected chi connectivity index (χ4v) is 4.03. The Balaban J connectivity index is 2.33. The average Bonchev–Trinajstić information content (AvgIpc) is 2.62. The Kier molecular flexibility index (Phi) is 6.88. The first kappa shape index (κ1) is 20.5. The molecule has 0 aliphatic heterocycles. The van der Waals surface area contributed by atoms with Gasteiger partial charge in [-0.05, 0) is 42.3 Å². The molecule has 2 rings (SSSR count). The van der Waals surface area contributed by atoms with Gasteiger partial charge >= 0.3 is 5.97 Å². The minimum Gasteiger partial charge on any atom is -0.495 e. The third-order valence-corrected chi connectivity index (χ3v) is 5.53. The van der Waals surface area contributed by atoms with Crippen molar-refractivity contribution in [3.63, 3.8) is 0 Å². The highest BCUT2D eigenvalue weighted by molar-refractivity contribution is 7.89. The van der Waals surface area contributed by atoms with Gasteiger partial charge in [0.1, 0.15) is 16.7 Å². The number of carbonyl (C=O) groups is 1. The smallest absolute Gasteiger partial charge is 0.324 e. The molecule has 0 aromatic heterocycles. The molecule has 0 heterocycles. The van der Waals surface area contributed by atoms with Gasteiger partial charge in [0.05, 0.1) is 14.2 Å². The van der Waals surface area contributed by atoms with Crippen molar-refractivity contribution in [2.24, 2.45) is 0 Å². The minimum absolute atomic E-state index is 0.0892. The maximum atomic E-state index is 12.8. The Bertz CT molecular complexity index is 885. The van der Waals surface area contributed by atoms with Gasteiger partial charge in [-0.1, -0.05) is 35.3 Å². The number of hydrogen-bond acceptors (Lipinski definition) is 5. The number of carbonyl (C=O) groups excluding carboxylic acids is 1. The van der Waals surface area contributed by atoms with Gasteiger partial charge in [0.2, 0.25) is 10.0 Å². The summed E-state index contributed by atoms with van der Waals surface area (Å²) < 4.78 is 37.7. The van der Waals surface area contributed by atoms with Crippen molar-refractivity contribution in [1.82, 2.24) is 4.72 Å². The van der Waals surface area contributed by atoms with E-state index in [4.69, 9.17) is 32.7 Å². The van der Waals surface area contributed by atoms with Crippen LogP contribution >= 0.6 is 23.2 Å². The number of benzene rings is 2. The number of rotatable bonds is 7. The van der Waals surface area contributed by atoms with E-state index in [1.54, 1.807) is 24.3 Å². The van der Waals surface area contributed by atoms with Gasteiger partial charge in [-0.25, -0.2) is 8.42 Å². The minimum atomic E-state index is -4.09. The lowest BCUT2D eigenvalue weighted by Crippen LogP contribution is -2.43. The summed E-state index contributed by atoms with van der Waals surface area (Å²) in [7, 11) is -1.57. The zero-order valence-corrected chi connectivity index (χ0v) is 16.4. The molecule has 1 N–H and O–H groups in total. The third kappa shape index (κ3) is 5.11. The van der Waals surface area contributed by atoms with Crippen LogP contribution in [0, 0.1) is 0 Å². The largest absolute Gasteiger partial charge is 0.495 e. The Hall–Kier alpha value is -1.80. The molecule has 9 heteroatoms. The first-order chi connectivity index (χ1) is 12.3. The van der Waals surface area contributed by atoms with E-state index in [2.05, 4.69) is 4.72 Å². The molecule has 1 unspecified atom stereocenters. The summed E-state index contributed by atoms with van der Waals surface area (Å²) in [4.78, 5) is 11.9. The van der Waals surface area contributed by atoms with Gasteiger partial charge in [0.25, 0.3) is 0 Å². The molecule has 26 heavy (non-hydrogen) atoms. The van der Waals surface area contributed by atoms with Crippen LogP contribution in [0.5, 0.6) is 5.75 Å². The number of ether oxygens (including phenoxy) is 2. The van der Waals surface area contributed by atoms with E-state index in [1.807, 2.05) is 0 Å². The van der Waals surface area contributed by atoms with Crippen LogP contribution in [0.1, 0.15) is 5.56 Å². The lowest BCUT2D eigenvalue weighted by molar-refractivity contribution is -0.142. The lowest BCUT2D eigenvalue weighted by atomic mass is 10.1. The number of sulfonamides is 1. The summed E-state index contributed by atoms with van der Waals surface area (Å²) in [5.74, 6) is -0.610. The SMILES string of the molecule is COC(=O)C(Cc1ccc(Cl)cc1)NS(=O)(=O)c1cc(Cl)ccc1OC. The van der Waals surface area contributed by atoms with Gasteiger partial charge in [0, 0.05) is 10.0 Å². The fraction of sp³-hybridized carbons (Fsp3) is 0.235. The predicted octanol–water partition coefficient (Wildman–Crippen LogP) is 3.06. The van der Waals surface area contributed by atoms with E-state index >= 15 is 0 Å². The molecule has 6 nitrogen and oxygen atoms in total. The molecule has 0 saturated carbocycles. The molecule has 2 aromatic rings. The summed E-state index contributed by atoms with van der Waals surface area (Å²) >= 11 is 11.7. The van der Waals surface area contributed by atoms with E-state index in [-0.39, 0.29) is 22.1 Å².